The van der Waals surface area contributed by atoms with Crippen LogP contribution in [0, 0.1) is 5.82 Å². The average molecular weight is 431 g/mol. The molecule has 0 aliphatic rings. The zero-order chi connectivity index (χ0) is 21.6. The van der Waals surface area contributed by atoms with Crippen molar-refractivity contribution < 1.29 is 4.39 Å². The summed E-state index contributed by atoms with van der Waals surface area (Å²) in [6, 6.07) is 29.0. The summed E-state index contributed by atoms with van der Waals surface area (Å²) in [6.07, 6.45) is 5.93. The minimum atomic E-state index is -0.378. The number of unbranched alkanes of at least 4 members (excludes halogenated alkanes) is 2. The Morgan fingerprint density at radius 3 is 2.26 bits per heavy atom. The fourth-order valence-corrected chi connectivity index (χ4v) is 4.42. The van der Waals surface area contributed by atoms with Gasteiger partial charge in [0.05, 0.1) is 5.02 Å². The van der Waals surface area contributed by atoms with Gasteiger partial charge in [0.25, 0.3) is 0 Å². The molecule has 0 amide bonds. The predicted molar refractivity (Wildman–Crippen MR) is 131 cm³/mol. The van der Waals surface area contributed by atoms with Gasteiger partial charge in [-0.25, -0.2) is 4.39 Å². The number of fused-ring (bicyclic) bond motifs is 1. The van der Waals surface area contributed by atoms with Crippen LogP contribution in [-0.2, 0) is 6.42 Å². The molecular weight excluding hydrogens is 403 g/mol. The van der Waals surface area contributed by atoms with Gasteiger partial charge in [0.15, 0.2) is 0 Å². The summed E-state index contributed by atoms with van der Waals surface area (Å²) in [6.45, 7) is 2.25. The van der Waals surface area contributed by atoms with E-state index in [1.807, 2.05) is 6.07 Å². The maximum absolute atomic E-state index is 13.9. The molecule has 4 aromatic rings. The molecule has 0 N–H and O–H groups in total. The molecule has 0 aliphatic carbocycles. The van der Waals surface area contributed by atoms with E-state index >= 15 is 0 Å². The Morgan fingerprint density at radius 1 is 0.774 bits per heavy atom. The van der Waals surface area contributed by atoms with Gasteiger partial charge in [0.2, 0.25) is 0 Å². The number of benzene rings is 4. The van der Waals surface area contributed by atoms with E-state index in [0.29, 0.717) is 5.92 Å². The first-order valence-electron chi connectivity index (χ1n) is 11.2. The molecule has 0 saturated heterocycles. The van der Waals surface area contributed by atoms with Gasteiger partial charge in [-0.05, 0) is 63.9 Å². The van der Waals surface area contributed by atoms with Crippen LogP contribution in [-0.4, -0.2) is 0 Å². The van der Waals surface area contributed by atoms with Crippen LogP contribution in [0.25, 0.3) is 21.9 Å². The molecule has 1 atom stereocenters. The van der Waals surface area contributed by atoms with Crippen molar-refractivity contribution in [3.63, 3.8) is 0 Å². The highest BCUT2D eigenvalue weighted by atomic mass is 35.5. The Bertz CT molecular complexity index is 1150. The molecule has 2 heteroatoms. The molecule has 0 aliphatic heterocycles. The molecule has 0 radical (unpaired) electrons. The third-order valence-corrected chi connectivity index (χ3v) is 6.39. The van der Waals surface area contributed by atoms with Crippen LogP contribution in [0.15, 0.2) is 84.9 Å². The van der Waals surface area contributed by atoms with Crippen LogP contribution < -0.4 is 0 Å². The number of hydrogen-bond acceptors (Lipinski definition) is 0. The molecule has 4 rings (SSSR count). The van der Waals surface area contributed by atoms with Crippen molar-refractivity contribution >= 4 is 22.4 Å². The average Bonchev–Trinajstić information content (AvgIpc) is 2.80. The molecule has 31 heavy (non-hydrogen) atoms. The number of rotatable bonds is 8. The first kappa shape index (κ1) is 21.6. The van der Waals surface area contributed by atoms with Crippen LogP contribution in [0.3, 0.4) is 0 Å². The zero-order valence-corrected chi connectivity index (χ0v) is 18.7. The van der Waals surface area contributed by atoms with Crippen LogP contribution in [0.4, 0.5) is 4.39 Å². The highest BCUT2D eigenvalue weighted by Crippen LogP contribution is 2.31. The predicted octanol–water partition coefficient (Wildman–Crippen LogP) is 9.21. The van der Waals surface area contributed by atoms with E-state index in [2.05, 4.69) is 73.7 Å². The van der Waals surface area contributed by atoms with Gasteiger partial charge >= 0.3 is 0 Å². The second-order valence-corrected chi connectivity index (χ2v) is 8.74. The monoisotopic (exact) mass is 430 g/mol. The summed E-state index contributed by atoms with van der Waals surface area (Å²) in [5, 5.41) is 2.74. The van der Waals surface area contributed by atoms with Crippen molar-refractivity contribution in [2.24, 2.45) is 0 Å². The molecule has 0 nitrogen and oxygen atoms in total. The zero-order valence-electron chi connectivity index (χ0n) is 18.0. The standard InChI is InChI=1S/C29H28ClF/c1-2-3-4-8-26(19-21-10-11-22-7-5-6-9-25(22)18-21)23-12-14-24(15-13-23)27-16-17-28(30)29(31)20-27/h5-7,9-18,20,26H,2-4,8,19H2,1H3. The molecular formula is C29H28ClF. The highest BCUT2D eigenvalue weighted by molar-refractivity contribution is 6.30. The van der Waals surface area contributed by atoms with Crippen molar-refractivity contribution in [1.82, 2.24) is 0 Å². The maximum Gasteiger partial charge on any atom is 0.142 e. The largest absolute Gasteiger partial charge is 0.205 e. The summed E-state index contributed by atoms with van der Waals surface area (Å²) in [4.78, 5) is 0. The SMILES string of the molecule is CCCCCC(Cc1ccc2ccccc2c1)c1ccc(-c2ccc(Cl)c(F)c2)cc1. The summed E-state index contributed by atoms with van der Waals surface area (Å²) in [5.41, 5.74) is 4.59. The van der Waals surface area contributed by atoms with Crippen molar-refractivity contribution in [1.29, 1.82) is 0 Å². The van der Waals surface area contributed by atoms with E-state index in [-0.39, 0.29) is 10.8 Å². The van der Waals surface area contributed by atoms with Gasteiger partial charge in [-0.2, -0.15) is 0 Å². The lowest BCUT2D eigenvalue weighted by molar-refractivity contribution is 0.563. The summed E-state index contributed by atoms with van der Waals surface area (Å²) in [7, 11) is 0. The molecule has 0 spiro atoms. The molecule has 158 valence electrons. The fourth-order valence-electron chi connectivity index (χ4n) is 4.30. The van der Waals surface area contributed by atoms with Crippen LogP contribution in [0.2, 0.25) is 5.02 Å². The van der Waals surface area contributed by atoms with Crippen molar-refractivity contribution in [2.45, 2.75) is 44.9 Å². The van der Waals surface area contributed by atoms with E-state index < -0.39 is 0 Å². The number of hydrogen-bond donors (Lipinski definition) is 0. The van der Waals surface area contributed by atoms with E-state index in [0.717, 1.165) is 17.5 Å². The van der Waals surface area contributed by atoms with Crippen molar-refractivity contribution in [3.05, 3.63) is 107 Å². The fraction of sp³-hybridized carbons (Fsp3) is 0.241. The third kappa shape index (κ3) is 5.35. The van der Waals surface area contributed by atoms with Crippen LogP contribution >= 0.6 is 11.6 Å². The maximum atomic E-state index is 13.9. The molecule has 1 unspecified atom stereocenters. The topological polar surface area (TPSA) is 0 Å². The summed E-state index contributed by atoms with van der Waals surface area (Å²) < 4.78 is 13.9. The highest BCUT2D eigenvalue weighted by Gasteiger charge is 2.13. The van der Waals surface area contributed by atoms with Gasteiger partial charge in [0, 0.05) is 0 Å². The first-order chi connectivity index (χ1) is 15.1. The Morgan fingerprint density at radius 2 is 1.52 bits per heavy atom. The molecule has 4 aromatic carbocycles. The lowest BCUT2D eigenvalue weighted by Gasteiger charge is -2.19. The molecule has 0 bridgehead atoms. The number of halogens is 2. The van der Waals surface area contributed by atoms with Gasteiger partial charge in [-0.3, -0.25) is 0 Å². The van der Waals surface area contributed by atoms with Crippen molar-refractivity contribution in [2.75, 3.05) is 0 Å². The second kappa shape index (κ2) is 10.1. The van der Waals surface area contributed by atoms with E-state index in [1.165, 1.54) is 53.6 Å². The quantitative estimate of drug-likeness (QED) is 0.244. The van der Waals surface area contributed by atoms with E-state index in [1.54, 1.807) is 6.07 Å². The normalized spacial score (nSPS) is 12.2. The lowest BCUT2D eigenvalue weighted by atomic mass is 9.86. The lowest BCUT2D eigenvalue weighted by Crippen LogP contribution is -2.04. The minimum Gasteiger partial charge on any atom is -0.205 e. The summed E-state index contributed by atoms with van der Waals surface area (Å²) >= 11 is 5.83. The van der Waals surface area contributed by atoms with E-state index in [4.69, 9.17) is 11.6 Å². The van der Waals surface area contributed by atoms with E-state index in [9.17, 15) is 4.39 Å². The van der Waals surface area contributed by atoms with Gasteiger partial charge in [-0.1, -0.05) is 111 Å². The molecule has 0 fully saturated rings. The van der Waals surface area contributed by atoms with Crippen LogP contribution in [0.5, 0.6) is 0 Å². The Hall–Kier alpha value is -2.64. The van der Waals surface area contributed by atoms with Gasteiger partial charge < -0.3 is 0 Å². The first-order valence-corrected chi connectivity index (χ1v) is 11.5. The Balaban J connectivity index is 1.57. The third-order valence-electron chi connectivity index (χ3n) is 6.09. The molecule has 0 aromatic heterocycles. The molecule has 0 saturated carbocycles. The Kier molecular flexibility index (Phi) is 7.04. The minimum absolute atomic E-state index is 0.159. The van der Waals surface area contributed by atoms with Crippen molar-refractivity contribution in [3.8, 4) is 11.1 Å². The second-order valence-electron chi connectivity index (χ2n) is 8.33. The van der Waals surface area contributed by atoms with Gasteiger partial charge in [-0.15, -0.1) is 0 Å². The van der Waals surface area contributed by atoms with Crippen LogP contribution in [0.1, 0.15) is 49.7 Å². The summed E-state index contributed by atoms with van der Waals surface area (Å²) in [5.74, 6) is 0.0979. The smallest absolute Gasteiger partial charge is 0.142 e. The van der Waals surface area contributed by atoms with Gasteiger partial charge in [0.1, 0.15) is 5.82 Å². The molecule has 0 heterocycles. The Labute approximate surface area is 189 Å².